The highest BCUT2D eigenvalue weighted by Gasteiger charge is 2.46. The van der Waals surface area contributed by atoms with Crippen LogP contribution < -0.4 is 21.1 Å². The Morgan fingerprint density at radius 2 is 2.17 bits per heavy atom. The molecular formula is C23H28ClN7O4. The van der Waals surface area contributed by atoms with E-state index in [-0.39, 0.29) is 0 Å². The first-order valence-corrected chi connectivity index (χ1v) is 12.0. The van der Waals surface area contributed by atoms with E-state index in [1.807, 2.05) is 18.2 Å². The van der Waals surface area contributed by atoms with E-state index in [2.05, 4.69) is 25.6 Å². The molecule has 0 bridgehead atoms. The van der Waals surface area contributed by atoms with Crippen molar-refractivity contribution in [3.8, 4) is 5.75 Å². The highest BCUT2D eigenvalue weighted by molar-refractivity contribution is 6.30. The molecule has 1 amide bonds. The molecule has 2 fully saturated rings. The Hall–Kier alpha value is -2.99. The number of aromatic nitrogens is 4. The molecule has 186 valence electrons. The Morgan fingerprint density at radius 3 is 2.91 bits per heavy atom. The topological polar surface area (TPSA) is 149 Å². The number of aliphatic hydroxyl groups is 1. The molecule has 1 aromatic carbocycles. The van der Waals surface area contributed by atoms with Crippen LogP contribution in [0.5, 0.6) is 5.75 Å². The molecule has 5 N–H and O–H groups in total. The molecule has 3 aromatic rings. The van der Waals surface area contributed by atoms with Crippen LogP contribution in [0.4, 0.5) is 5.82 Å². The van der Waals surface area contributed by atoms with E-state index in [0.29, 0.717) is 41.1 Å². The Kier molecular flexibility index (Phi) is 6.74. The molecule has 1 saturated carbocycles. The molecule has 5 rings (SSSR count). The maximum absolute atomic E-state index is 12.1. The Bertz CT molecular complexity index is 1220. The predicted molar refractivity (Wildman–Crippen MR) is 129 cm³/mol. The van der Waals surface area contributed by atoms with Gasteiger partial charge in [-0.05, 0) is 37.0 Å². The number of hydrogen-bond acceptors (Lipinski definition) is 9. The lowest BCUT2D eigenvalue weighted by Gasteiger charge is -2.25. The number of likely N-dealkylation sites (N-methyl/N-ethyl adjacent to an activating group) is 1. The minimum Gasteiger partial charge on any atom is -0.493 e. The van der Waals surface area contributed by atoms with Crippen molar-refractivity contribution in [2.45, 2.75) is 50.3 Å². The van der Waals surface area contributed by atoms with Crippen LogP contribution in [0.2, 0.25) is 5.02 Å². The molecular weight excluding hydrogens is 474 g/mol. The number of ether oxygens (including phenoxy) is 2. The Morgan fingerprint density at radius 1 is 1.34 bits per heavy atom. The molecule has 0 unspecified atom stereocenters. The monoisotopic (exact) mass is 501 g/mol. The van der Waals surface area contributed by atoms with Gasteiger partial charge in [0.1, 0.15) is 18.2 Å². The first-order chi connectivity index (χ1) is 17.0. The number of imidazole rings is 1. The van der Waals surface area contributed by atoms with Crippen LogP contribution >= 0.6 is 11.6 Å². The van der Waals surface area contributed by atoms with Crippen LogP contribution in [0.25, 0.3) is 11.2 Å². The normalized spacial score (nSPS) is 24.3. The van der Waals surface area contributed by atoms with Crippen LogP contribution in [-0.2, 0) is 16.1 Å². The van der Waals surface area contributed by atoms with Gasteiger partial charge in [-0.25, -0.2) is 15.0 Å². The maximum Gasteiger partial charge on any atom is 0.250 e. The van der Waals surface area contributed by atoms with Crippen LogP contribution in [-0.4, -0.2) is 62.4 Å². The second-order valence-electron chi connectivity index (χ2n) is 8.89. The van der Waals surface area contributed by atoms with Crippen molar-refractivity contribution in [3.05, 3.63) is 41.4 Å². The zero-order valence-electron chi connectivity index (χ0n) is 19.2. The van der Waals surface area contributed by atoms with Gasteiger partial charge in [-0.3, -0.25) is 9.36 Å². The average Bonchev–Trinajstić information content (AvgIpc) is 3.38. The van der Waals surface area contributed by atoms with Gasteiger partial charge in [0.25, 0.3) is 5.91 Å². The largest absolute Gasteiger partial charge is 0.493 e. The fourth-order valence-electron chi connectivity index (χ4n) is 4.34. The number of anilines is 1. The summed E-state index contributed by atoms with van der Waals surface area (Å²) in [6.07, 6.45) is 3.53. The van der Waals surface area contributed by atoms with Gasteiger partial charge >= 0.3 is 0 Å². The molecule has 3 heterocycles. The van der Waals surface area contributed by atoms with Crippen LogP contribution in [0.15, 0.2) is 30.9 Å². The van der Waals surface area contributed by atoms with Crippen LogP contribution in [0.3, 0.4) is 0 Å². The number of halogens is 1. The lowest BCUT2D eigenvalue weighted by molar-refractivity contribution is -0.134. The van der Waals surface area contributed by atoms with E-state index in [0.717, 1.165) is 11.3 Å². The first kappa shape index (κ1) is 23.7. The van der Waals surface area contributed by atoms with E-state index in [1.165, 1.54) is 39.0 Å². The van der Waals surface area contributed by atoms with Gasteiger partial charge in [-0.15, -0.1) is 0 Å². The first-order valence-electron chi connectivity index (χ1n) is 11.6. The van der Waals surface area contributed by atoms with Gasteiger partial charge in [0.15, 0.2) is 29.3 Å². The summed E-state index contributed by atoms with van der Waals surface area (Å²) in [6, 6.07) is 4.67. The van der Waals surface area contributed by atoms with Crippen LogP contribution in [0, 0.1) is 5.92 Å². The molecule has 1 saturated heterocycles. The van der Waals surface area contributed by atoms with Gasteiger partial charge in [-0.1, -0.05) is 18.0 Å². The minimum absolute atomic E-state index is 0.405. The van der Waals surface area contributed by atoms with E-state index in [9.17, 15) is 9.90 Å². The molecule has 12 heteroatoms. The quantitative estimate of drug-likeness (QED) is 0.361. The number of amides is 1. The van der Waals surface area contributed by atoms with E-state index >= 15 is 0 Å². The van der Waals surface area contributed by atoms with Gasteiger partial charge in [0.05, 0.1) is 19.0 Å². The molecule has 2 aromatic heterocycles. The maximum atomic E-state index is 12.1. The number of carbonyl (C=O) groups is 1. The van der Waals surface area contributed by atoms with Crippen molar-refractivity contribution >= 4 is 34.5 Å². The number of nitrogens with zero attached hydrogens (tertiary/aromatic N) is 4. The van der Waals surface area contributed by atoms with Gasteiger partial charge in [0, 0.05) is 24.2 Å². The zero-order valence-corrected chi connectivity index (χ0v) is 20.0. The number of nitrogens with two attached hydrogens (primary N) is 1. The highest BCUT2D eigenvalue weighted by Crippen LogP contribution is 2.32. The average molecular weight is 502 g/mol. The fraction of sp³-hybridized carbons (Fsp3) is 0.478. The predicted octanol–water partition coefficient (Wildman–Crippen LogP) is 1.60. The summed E-state index contributed by atoms with van der Waals surface area (Å²) in [4.78, 5) is 25.2. The van der Waals surface area contributed by atoms with Gasteiger partial charge in [0.2, 0.25) is 0 Å². The molecule has 2 aliphatic rings. The van der Waals surface area contributed by atoms with Crippen molar-refractivity contribution < 1.29 is 19.4 Å². The summed E-state index contributed by atoms with van der Waals surface area (Å²) in [5, 5.41) is 17.0. The smallest absolute Gasteiger partial charge is 0.250 e. The lowest BCUT2D eigenvalue weighted by Crippen LogP contribution is -2.46. The van der Waals surface area contributed by atoms with Crippen molar-refractivity contribution in [1.82, 2.24) is 24.8 Å². The van der Waals surface area contributed by atoms with Crippen molar-refractivity contribution in [1.29, 1.82) is 0 Å². The molecule has 11 nitrogen and oxygen atoms in total. The number of fused-ring (bicyclic) bond motifs is 1. The standard InChI is InChI=1S/C23H28ClN7O4/c1-26-22(33)19-16(25)18(32)23(35-19)31-11-30-17-20(28-10-29-21(17)31)27-8-13-7-14(24)5-6-15(13)34-9-12-3-2-4-12/h5-7,10-12,16,18-19,23,32H,2-4,8-9,25H2,1H3,(H,26,33)(H,27,28,29)/t16-,18+,19-,23+/m0/s1. The SMILES string of the molecule is CNC(=O)[C@H]1O[C@@H](n2cnc3c(NCc4cc(Cl)ccc4OCC4CCC4)ncnc32)[C@H](O)[C@@H]1N. The van der Waals surface area contributed by atoms with Crippen molar-refractivity contribution in [2.75, 3.05) is 19.0 Å². The lowest BCUT2D eigenvalue weighted by atomic mass is 9.86. The summed E-state index contributed by atoms with van der Waals surface area (Å²) in [7, 11) is 1.49. The number of carbonyl (C=O) groups excluding carboxylic acids is 1. The summed E-state index contributed by atoms with van der Waals surface area (Å²) in [6.45, 7) is 1.10. The fourth-order valence-corrected chi connectivity index (χ4v) is 4.53. The van der Waals surface area contributed by atoms with Gasteiger partial charge in [-0.2, -0.15) is 0 Å². The molecule has 0 radical (unpaired) electrons. The highest BCUT2D eigenvalue weighted by atomic mass is 35.5. The zero-order chi connectivity index (χ0) is 24.5. The van der Waals surface area contributed by atoms with Crippen LogP contribution in [0.1, 0.15) is 31.1 Å². The number of hydrogen-bond donors (Lipinski definition) is 4. The van der Waals surface area contributed by atoms with Crippen molar-refractivity contribution in [3.63, 3.8) is 0 Å². The molecule has 4 atom stereocenters. The van der Waals surface area contributed by atoms with Crippen molar-refractivity contribution in [2.24, 2.45) is 11.7 Å². The second kappa shape index (κ2) is 9.94. The number of nitrogens with one attached hydrogen (secondary N) is 2. The summed E-state index contributed by atoms with van der Waals surface area (Å²) in [5.74, 6) is 1.48. The van der Waals surface area contributed by atoms with E-state index < -0.39 is 30.4 Å². The Balaban J connectivity index is 1.35. The Labute approximate surface area is 207 Å². The minimum atomic E-state index is -1.12. The summed E-state index contributed by atoms with van der Waals surface area (Å²) in [5.41, 5.74) is 7.85. The number of aliphatic hydroxyl groups excluding tert-OH is 1. The molecule has 1 aliphatic heterocycles. The third-order valence-corrected chi connectivity index (χ3v) is 6.86. The second-order valence-corrected chi connectivity index (χ2v) is 9.33. The van der Waals surface area contributed by atoms with Gasteiger partial charge < -0.3 is 30.9 Å². The number of benzene rings is 1. The third-order valence-electron chi connectivity index (χ3n) is 6.63. The van der Waals surface area contributed by atoms with E-state index in [1.54, 1.807) is 4.57 Å². The third kappa shape index (κ3) is 4.64. The molecule has 0 spiro atoms. The summed E-state index contributed by atoms with van der Waals surface area (Å²) >= 11 is 6.24. The number of rotatable bonds is 8. The molecule has 35 heavy (non-hydrogen) atoms. The van der Waals surface area contributed by atoms with E-state index in [4.69, 9.17) is 26.8 Å². The summed E-state index contributed by atoms with van der Waals surface area (Å²) < 4.78 is 13.4. The molecule has 1 aliphatic carbocycles.